The fourth-order valence-corrected chi connectivity index (χ4v) is 3.85. The summed E-state index contributed by atoms with van der Waals surface area (Å²) in [5.74, 6) is -0.254. The maximum absolute atomic E-state index is 11.7. The summed E-state index contributed by atoms with van der Waals surface area (Å²) >= 11 is 5.94. The lowest BCUT2D eigenvalue weighted by Gasteiger charge is -2.34. The molecule has 0 unspecified atom stereocenters. The van der Waals surface area contributed by atoms with Crippen LogP contribution in [0.1, 0.15) is 30.5 Å². The molecule has 0 saturated carbocycles. The van der Waals surface area contributed by atoms with E-state index in [0.29, 0.717) is 12.2 Å². The molecule has 0 amide bonds. The normalized spacial score (nSPS) is 15.9. The Labute approximate surface area is 197 Å². The van der Waals surface area contributed by atoms with Crippen molar-refractivity contribution in [1.29, 1.82) is 0 Å². The number of carbonyl (C=O) groups excluding carboxylic acids is 1. The Balaban J connectivity index is 1.38. The molecule has 2 aromatic rings. The third-order valence-electron chi connectivity index (χ3n) is 5.69. The zero-order valence-electron chi connectivity index (χ0n) is 19.1. The highest BCUT2D eigenvalue weighted by Gasteiger charge is 2.15. The first-order chi connectivity index (χ1) is 15.5. The molecule has 1 saturated heterocycles. The molecule has 3 rings (SSSR count). The van der Waals surface area contributed by atoms with Crippen LogP contribution in [-0.2, 0) is 16.0 Å². The minimum atomic E-state index is -0.254. The van der Waals surface area contributed by atoms with Crippen LogP contribution in [0.4, 0.5) is 0 Å². The lowest BCUT2D eigenvalue weighted by Crippen LogP contribution is -2.46. The van der Waals surface area contributed by atoms with Gasteiger partial charge in [0.1, 0.15) is 0 Å². The molecule has 0 aliphatic carbocycles. The predicted octanol–water partition coefficient (Wildman–Crippen LogP) is 5.18. The van der Waals surface area contributed by atoms with Gasteiger partial charge in [0.05, 0.1) is 6.61 Å². The van der Waals surface area contributed by atoms with Crippen molar-refractivity contribution in [2.75, 3.05) is 45.9 Å². The van der Waals surface area contributed by atoms with Gasteiger partial charge in [-0.2, -0.15) is 0 Å². The number of hydrogen-bond acceptors (Lipinski definition) is 4. The van der Waals surface area contributed by atoms with E-state index in [1.165, 1.54) is 11.1 Å². The molecule has 1 aliphatic rings. The van der Waals surface area contributed by atoms with Gasteiger partial charge in [-0.05, 0) is 55.2 Å². The van der Waals surface area contributed by atoms with E-state index in [2.05, 4.69) is 46.2 Å². The zero-order valence-corrected chi connectivity index (χ0v) is 19.9. The summed E-state index contributed by atoms with van der Waals surface area (Å²) < 4.78 is 5.03. The van der Waals surface area contributed by atoms with Gasteiger partial charge in [-0.1, -0.05) is 60.2 Å². The summed E-state index contributed by atoms with van der Waals surface area (Å²) in [4.78, 5) is 16.8. The standard InChI is InChI=1S/C27H33ClN2O2/c1-3-32-27(31)22(2)21-25-8-6-24(7-9-25)14-16-30-19-17-29(18-20-30)15-4-5-23-10-12-26(28)13-11-23/h4-13,21H,3,14-20H2,1-2H3. The molecule has 5 heteroatoms. The Kier molecular flexibility index (Phi) is 9.54. The second-order valence-electron chi connectivity index (χ2n) is 8.14. The largest absolute Gasteiger partial charge is 0.463 e. The number of hydrogen-bond donors (Lipinski definition) is 0. The number of esters is 1. The van der Waals surface area contributed by atoms with Crippen molar-refractivity contribution in [2.45, 2.75) is 20.3 Å². The molecule has 1 fully saturated rings. The summed E-state index contributed by atoms with van der Waals surface area (Å²) in [6.45, 7) is 10.5. The molecule has 0 aromatic heterocycles. The van der Waals surface area contributed by atoms with E-state index < -0.39 is 0 Å². The van der Waals surface area contributed by atoms with Gasteiger partial charge < -0.3 is 9.64 Å². The molecule has 0 spiro atoms. The average molecular weight is 453 g/mol. The maximum atomic E-state index is 11.7. The molecule has 0 atom stereocenters. The molecule has 2 aromatic carbocycles. The first-order valence-electron chi connectivity index (χ1n) is 11.3. The molecule has 4 nitrogen and oxygen atoms in total. The minimum absolute atomic E-state index is 0.254. The van der Waals surface area contributed by atoms with Gasteiger partial charge in [0, 0.05) is 49.9 Å². The van der Waals surface area contributed by atoms with E-state index in [1.807, 2.05) is 37.3 Å². The van der Waals surface area contributed by atoms with Gasteiger partial charge in [0.2, 0.25) is 0 Å². The second kappa shape index (κ2) is 12.6. The molecule has 0 radical (unpaired) electrons. The molecule has 0 bridgehead atoms. The topological polar surface area (TPSA) is 32.8 Å². The highest BCUT2D eigenvalue weighted by molar-refractivity contribution is 6.30. The average Bonchev–Trinajstić information content (AvgIpc) is 2.81. The number of rotatable bonds is 9. The van der Waals surface area contributed by atoms with E-state index in [9.17, 15) is 4.79 Å². The van der Waals surface area contributed by atoms with Crippen molar-refractivity contribution in [3.8, 4) is 0 Å². The fraction of sp³-hybridized carbons (Fsp3) is 0.370. The van der Waals surface area contributed by atoms with Crippen LogP contribution < -0.4 is 0 Å². The third-order valence-corrected chi connectivity index (χ3v) is 5.94. The summed E-state index contributed by atoms with van der Waals surface area (Å²) in [6.07, 6.45) is 7.31. The second-order valence-corrected chi connectivity index (χ2v) is 8.57. The Morgan fingerprint density at radius 3 is 2.25 bits per heavy atom. The lowest BCUT2D eigenvalue weighted by molar-refractivity contribution is -0.138. The van der Waals surface area contributed by atoms with Crippen LogP contribution in [0.2, 0.25) is 5.02 Å². The van der Waals surface area contributed by atoms with Crippen molar-refractivity contribution in [3.05, 3.63) is 81.9 Å². The van der Waals surface area contributed by atoms with Crippen molar-refractivity contribution in [3.63, 3.8) is 0 Å². The van der Waals surface area contributed by atoms with E-state index in [-0.39, 0.29) is 5.97 Å². The molecular weight excluding hydrogens is 420 g/mol. The van der Waals surface area contributed by atoms with Crippen molar-refractivity contribution in [2.24, 2.45) is 0 Å². The molecule has 1 aliphatic heterocycles. The summed E-state index contributed by atoms with van der Waals surface area (Å²) in [5.41, 5.74) is 4.16. The first-order valence-corrected chi connectivity index (χ1v) is 11.7. The van der Waals surface area contributed by atoms with Crippen LogP contribution in [0.5, 0.6) is 0 Å². The number of carbonyl (C=O) groups is 1. The maximum Gasteiger partial charge on any atom is 0.333 e. The molecule has 1 heterocycles. The summed E-state index contributed by atoms with van der Waals surface area (Å²) in [6, 6.07) is 16.4. The summed E-state index contributed by atoms with van der Waals surface area (Å²) in [7, 11) is 0. The Morgan fingerprint density at radius 2 is 1.59 bits per heavy atom. The fourth-order valence-electron chi connectivity index (χ4n) is 3.73. The van der Waals surface area contributed by atoms with Crippen LogP contribution in [0.15, 0.2) is 60.2 Å². The monoisotopic (exact) mass is 452 g/mol. The number of piperazine rings is 1. The Bertz CT molecular complexity index is 912. The SMILES string of the molecule is CCOC(=O)C(C)=Cc1ccc(CCN2CCN(CC=Cc3ccc(Cl)cc3)CC2)cc1. The number of benzene rings is 2. The van der Waals surface area contributed by atoms with Gasteiger partial charge in [-0.15, -0.1) is 0 Å². The van der Waals surface area contributed by atoms with Gasteiger partial charge in [0.15, 0.2) is 0 Å². The van der Waals surface area contributed by atoms with Crippen LogP contribution in [-0.4, -0.2) is 61.6 Å². The quantitative estimate of drug-likeness (QED) is 0.387. The Hall–Kier alpha value is -2.40. The number of halogens is 1. The van der Waals surface area contributed by atoms with Gasteiger partial charge >= 0.3 is 5.97 Å². The van der Waals surface area contributed by atoms with Crippen LogP contribution >= 0.6 is 11.6 Å². The van der Waals surface area contributed by atoms with Crippen LogP contribution in [0, 0.1) is 0 Å². The smallest absolute Gasteiger partial charge is 0.333 e. The van der Waals surface area contributed by atoms with E-state index in [0.717, 1.165) is 56.3 Å². The van der Waals surface area contributed by atoms with Gasteiger partial charge in [-0.3, -0.25) is 4.90 Å². The molecule has 32 heavy (non-hydrogen) atoms. The summed E-state index contributed by atoms with van der Waals surface area (Å²) in [5, 5.41) is 0.773. The lowest BCUT2D eigenvalue weighted by atomic mass is 10.1. The Morgan fingerprint density at radius 1 is 0.969 bits per heavy atom. The van der Waals surface area contributed by atoms with Crippen molar-refractivity contribution >= 4 is 29.7 Å². The van der Waals surface area contributed by atoms with E-state index in [4.69, 9.17) is 16.3 Å². The highest BCUT2D eigenvalue weighted by Crippen LogP contribution is 2.13. The van der Waals surface area contributed by atoms with E-state index >= 15 is 0 Å². The third kappa shape index (κ3) is 7.94. The van der Waals surface area contributed by atoms with Gasteiger partial charge in [-0.25, -0.2) is 4.79 Å². The zero-order chi connectivity index (χ0) is 22.8. The van der Waals surface area contributed by atoms with Crippen molar-refractivity contribution in [1.82, 2.24) is 9.80 Å². The predicted molar refractivity (Wildman–Crippen MR) is 134 cm³/mol. The molecular formula is C27H33ClN2O2. The molecule has 170 valence electrons. The molecule has 0 N–H and O–H groups in total. The van der Waals surface area contributed by atoms with Gasteiger partial charge in [0.25, 0.3) is 0 Å². The number of nitrogens with zero attached hydrogens (tertiary/aromatic N) is 2. The van der Waals surface area contributed by atoms with Crippen molar-refractivity contribution < 1.29 is 9.53 Å². The highest BCUT2D eigenvalue weighted by atomic mass is 35.5. The van der Waals surface area contributed by atoms with E-state index in [1.54, 1.807) is 6.92 Å². The first kappa shape index (κ1) is 24.2. The van der Waals surface area contributed by atoms with Crippen LogP contribution in [0.25, 0.3) is 12.2 Å². The minimum Gasteiger partial charge on any atom is -0.463 e. The number of ether oxygens (including phenoxy) is 1. The van der Waals surface area contributed by atoms with Crippen LogP contribution in [0.3, 0.4) is 0 Å².